The highest BCUT2D eigenvalue weighted by Gasteiger charge is 2.19. The van der Waals surface area contributed by atoms with Crippen LogP contribution in [0.3, 0.4) is 0 Å². The molecule has 212 valence electrons. The maximum Gasteiger partial charge on any atom is 0.397 e. The first-order valence-electron chi connectivity index (χ1n) is 10.2. The Morgan fingerprint density at radius 1 is 0.769 bits per heavy atom. The first-order chi connectivity index (χ1) is 17.9. The van der Waals surface area contributed by atoms with E-state index in [4.69, 9.17) is 9.11 Å². The molecule has 5 N–H and O–H groups in total. The predicted octanol–water partition coefficient (Wildman–Crippen LogP) is 2.06. The molecule has 0 aliphatic carbocycles. The Morgan fingerprint density at radius 3 is 1.97 bits per heavy atom. The maximum absolute atomic E-state index is 12.3. The number of phenolic OH excluding ortho intramolecular Hbond substituents is 1. The number of nitrogens with one attached hydrogen (secondary N) is 1. The molecular weight excluding hydrogens is 606 g/mol. The maximum atomic E-state index is 12.3. The lowest BCUT2D eigenvalue weighted by Gasteiger charge is -2.12. The van der Waals surface area contributed by atoms with Crippen molar-refractivity contribution in [1.82, 2.24) is 0 Å². The van der Waals surface area contributed by atoms with E-state index in [9.17, 15) is 43.3 Å². The molecule has 0 aromatic heterocycles. The lowest BCUT2D eigenvalue weighted by Crippen LogP contribution is -2.15. The Kier molecular flexibility index (Phi) is 8.62. The van der Waals surface area contributed by atoms with Gasteiger partial charge in [0.05, 0.1) is 33.5 Å². The van der Waals surface area contributed by atoms with E-state index in [1.54, 1.807) is 0 Å². The largest absolute Gasteiger partial charge is 0.507 e. The van der Waals surface area contributed by atoms with Crippen molar-refractivity contribution in [2.75, 3.05) is 23.6 Å². The lowest BCUT2D eigenvalue weighted by molar-refractivity contribution is 0.284. The summed E-state index contributed by atoms with van der Waals surface area (Å²) in [5.74, 6) is -2.31. The van der Waals surface area contributed by atoms with Gasteiger partial charge in [-0.15, -0.1) is 5.11 Å². The lowest BCUT2D eigenvalue weighted by atomic mass is 10.1. The standard InChI is InChI=1S/C19H19N3O13S4/c23-18-10-14(38(29,30)31)9-16-15(18)5-6-17(20-11-37(26,27)28)19(16)22-21-12-1-3-13(4-2-12)36(24,25)8-7-35-39(32,33)34/h1-6,9-10,20,23H,7-8,11H2,(H,26,27,28)(H,29,30,31)(H,32,33,34)/b22-21+. The molecule has 0 aliphatic rings. The Bertz CT molecular complexity index is 1870. The second-order valence-corrected chi connectivity index (χ2v) is 13.7. The fourth-order valence-corrected chi connectivity index (χ4v) is 5.49. The van der Waals surface area contributed by atoms with Crippen LogP contribution in [0, 0.1) is 0 Å². The van der Waals surface area contributed by atoms with E-state index >= 15 is 0 Å². The fourth-order valence-electron chi connectivity index (χ4n) is 3.14. The molecule has 0 atom stereocenters. The van der Waals surface area contributed by atoms with Crippen LogP contribution in [0.4, 0.5) is 17.1 Å². The van der Waals surface area contributed by atoms with Gasteiger partial charge in [0.15, 0.2) is 9.84 Å². The van der Waals surface area contributed by atoms with Crippen molar-refractivity contribution < 1.29 is 56.6 Å². The minimum Gasteiger partial charge on any atom is -0.507 e. The molecule has 20 heteroatoms. The molecule has 0 amide bonds. The van der Waals surface area contributed by atoms with Crippen LogP contribution in [0.2, 0.25) is 0 Å². The van der Waals surface area contributed by atoms with Crippen LogP contribution in [0.25, 0.3) is 10.8 Å². The number of nitrogens with zero attached hydrogens (tertiary/aromatic N) is 2. The highest BCUT2D eigenvalue weighted by atomic mass is 32.3. The molecule has 0 spiro atoms. The molecule has 0 bridgehead atoms. The van der Waals surface area contributed by atoms with Crippen LogP contribution in [0.15, 0.2) is 68.6 Å². The third kappa shape index (κ3) is 8.37. The number of phenols is 1. The molecule has 16 nitrogen and oxygen atoms in total. The summed E-state index contributed by atoms with van der Waals surface area (Å²) in [6.07, 6.45) is 0. The van der Waals surface area contributed by atoms with Crippen molar-refractivity contribution in [1.29, 1.82) is 0 Å². The van der Waals surface area contributed by atoms with Crippen molar-refractivity contribution >= 4 is 68.3 Å². The van der Waals surface area contributed by atoms with Gasteiger partial charge in [0, 0.05) is 16.8 Å². The highest BCUT2D eigenvalue weighted by Crippen LogP contribution is 2.40. The summed E-state index contributed by atoms with van der Waals surface area (Å²) in [4.78, 5) is -0.952. The fraction of sp³-hybridized carbons (Fsp3) is 0.158. The van der Waals surface area contributed by atoms with E-state index in [1.807, 2.05) is 0 Å². The zero-order valence-electron chi connectivity index (χ0n) is 19.2. The Balaban J connectivity index is 2.02. The van der Waals surface area contributed by atoms with Gasteiger partial charge in [-0.25, -0.2) is 12.6 Å². The first kappa shape index (κ1) is 30.3. The van der Waals surface area contributed by atoms with Crippen LogP contribution in [0.5, 0.6) is 5.75 Å². The number of azo groups is 1. The second-order valence-electron chi connectivity index (χ2n) is 7.64. The summed E-state index contributed by atoms with van der Waals surface area (Å²) < 4.78 is 123. The quantitative estimate of drug-likeness (QED) is 0.151. The molecule has 3 rings (SSSR count). The Morgan fingerprint density at radius 2 is 1.41 bits per heavy atom. The van der Waals surface area contributed by atoms with E-state index < -0.39 is 69.4 Å². The average Bonchev–Trinajstić information content (AvgIpc) is 2.79. The summed E-state index contributed by atoms with van der Waals surface area (Å²) in [6, 6.07) is 8.91. The van der Waals surface area contributed by atoms with Crippen LogP contribution in [0.1, 0.15) is 0 Å². The highest BCUT2D eigenvalue weighted by molar-refractivity contribution is 7.91. The number of rotatable bonds is 11. The van der Waals surface area contributed by atoms with Crippen LogP contribution in [-0.2, 0) is 44.7 Å². The number of anilines is 1. The molecule has 3 aromatic carbocycles. The average molecular weight is 626 g/mol. The summed E-state index contributed by atoms with van der Waals surface area (Å²) in [6.45, 7) is -0.832. The number of hydrogen-bond acceptors (Lipinski definition) is 13. The van der Waals surface area contributed by atoms with Gasteiger partial charge in [-0.2, -0.15) is 30.4 Å². The van der Waals surface area contributed by atoms with Gasteiger partial charge < -0.3 is 10.4 Å². The van der Waals surface area contributed by atoms with Gasteiger partial charge in [0.25, 0.3) is 20.2 Å². The molecular formula is C19H19N3O13S4. The zero-order valence-corrected chi connectivity index (χ0v) is 22.5. The van der Waals surface area contributed by atoms with Crippen molar-refractivity contribution in [2.24, 2.45) is 10.2 Å². The number of aromatic hydroxyl groups is 1. The summed E-state index contributed by atoms with van der Waals surface area (Å²) in [5, 5.41) is 20.5. The third-order valence-electron chi connectivity index (χ3n) is 4.85. The van der Waals surface area contributed by atoms with Crippen molar-refractivity contribution in [3.8, 4) is 5.75 Å². The Hall–Kier alpha value is -3.24. The van der Waals surface area contributed by atoms with Crippen molar-refractivity contribution in [3.05, 3.63) is 48.5 Å². The molecule has 0 aliphatic heterocycles. The zero-order chi connectivity index (χ0) is 29.2. The van der Waals surface area contributed by atoms with Gasteiger partial charge >= 0.3 is 10.4 Å². The van der Waals surface area contributed by atoms with Crippen LogP contribution >= 0.6 is 0 Å². The van der Waals surface area contributed by atoms with Gasteiger partial charge in [-0.3, -0.25) is 13.7 Å². The van der Waals surface area contributed by atoms with E-state index in [2.05, 4.69) is 19.7 Å². The molecule has 0 saturated heterocycles. The minimum absolute atomic E-state index is 0.0438. The predicted molar refractivity (Wildman–Crippen MR) is 136 cm³/mol. The first-order valence-corrected chi connectivity index (χ1v) is 16.2. The molecule has 3 aromatic rings. The van der Waals surface area contributed by atoms with Crippen LogP contribution < -0.4 is 5.32 Å². The Labute approximate surface area is 222 Å². The van der Waals surface area contributed by atoms with Crippen molar-refractivity contribution in [2.45, 2.75) is 9.79 Å². The number of benzene rings is 3. The number of fused-ring (bicyclic) bond motifs is 1. The molecule has 0 fully saturated rings. The normalized spacial score (nSPS) is 13.2. The smallest absolute Gasteiger partial charge is 0.397 e. The molecule has 39 heavy (non-hydrogen) atoms. The molecule has 0 heterocycles. The van der Waals surface area contributed by atoms with E-state index in [1.165, 1.54) is 24.3 Å². The second kappa shape index (κ2) is 11.1. The van der Waals surface area contributed by atoms with Crippen LogP contribution in [-0.4, -0.2) is 70.7 Å². The summed E-state index contributed by atoms with van der Waals surface area (Å²) >= 11 is 0. The SMILES string of the molecule is O=S(=O)(O)CNc1ccc2c(O)cc(S(=O)(=O)O)cc2c1/N=N/c1ccc(S(=O)(=O)CCOS(=O)(=O)O)cc1. The number of sulfone groups is 1. The van der Waals surface area contributed by atoms with Crippen molar-refractivity contribution in [3.63, 3.8) is 0 Å². The molecule has 0 saturated carbocycles. The minimum atomic E-state index is -4.82. The molecule has 0 radical (unpaired) electrons. The van der Waals surface area contributed by atoms with Gasteiger partial charge in [0.1, 0.15) is 17.3 Å². The van der Waals surface area contributed by atoms with Gasteiger partial charge in [0.2, 0.25) is 0 Å². The summed E-state index contributed by atoms with van der Waals surface area (Å²) in [7, 11) is -18.1. The summed E-state index contributed by atoms with van der Waals surface area (Å²) in [5.41, 5.74) is -0.235. The van der Waals surface area contributed by atoms with E-state index in [0.29, 0.717) is 0 Å². The van der Waals surface area contributed by atoms with E-state index in [0.717, 1.165) is 24.3 Å². The topological polar surface area (TPSA) is 263 Å². The van der Waals surface area contributed by atoms with E-state index in [-0.39, 0.29) is 32.7 Å². The monoisotopic (exact) mass is 625 g/mol. The third-order valence-corrected chi connectivity index (χ3v) is 8.35. The molecule has 0 unspecified atom stereocenters. The van der Waals surface area contributed by atoms with Gasteiger partial charge in [-0.05, 0) is 42.5 Å². The number of hydrogen-bond donors (Lipinski definition) is 5. The van der Waals surface area contributed by atoms with Gasteiger partial charge in [-0.1, -0.05) is 0 Å².